The molecule has 0 saturated carbocycles. The second-order valence-electron chi connectivity index (χ2n) is 7.11. The van der Waals surface area contributed by atoms with Gasteiger partial charge in [0.25, 0.3) is 0 Å². The fraction of sp³-hybridized carbons (Fsp3) is 0.273. The van der Waals surface area contributed by atoms with Gasteiger partial charge in [-0.05, 0) is 22.1 Å². The van der Waals surface area contributed by atoms with Gasteiger partial charge >= 0.3 is 0 Å². The highest BCUT2D eigenvalue weighted by atomic mass is 14.3. The van der Waals surface area contributed by atoms with Crippen molar-refractivity contribution in [1.29, 1.82) is 0 Å². The maximum atomic E-state index is 2.45. The fourth-order valence-electron chi connectivity index (χ4n) is 3.20. The van der Waals surface area contributed by atoms with Crippen LogP contribution in [-0.4, -0.2) is 0 Å². The molecule has 0 amide bonds. The van der Waals surface area contributed by atoms with Crippen molar-refractivity contribution in [1.82, 2.24) is 0 Å². The molecule has 0 heterocycles. The molecule has 2 aromatic carbocycles. The third kappa shape index (κ3) is 3.06. The fourth-order valence-corrected chi connectivity index (χ4v) is 3.20. The van der Waals surface area contributed by atoms with Gasteiger partial charge in [-0.2, -0.15) is 0 Å². The van der Waals surface area contributed by atoms with Crippen LogP contribution in [0, 0.1) is 11.3 Å². The van der Waals surface area contributed by atoms with Gasteiger partial charge < -0.3 is 0 Å². The maximum absolute atomic E-state index is 2.45. The summed E-state index contributed by atoms with van der Waals surface area (Å²) in [6, 6.07) is 21.7. The second-order valence-corrected chi connectivity index (χ2v) is 7.11. The minimum atomic E-state index is 0.211. The monoisotopic (exact) mass is 288 g/mol. The smallest absolute Gasteiger partial charge is 0.0187 e. The van der Waals surface area contributed by atoms with Crippen LogP contribution in [0.1, 0.15) is 37.8 Å². The summed E-state index contributed by atoms with van der Waals surface area (Å²) in [6.45, 7) is 6.85. The molecule has 3 rings (SSSR count). The predicted octanol–water partition coefficient (Wildman–Crippen LogP) is 5.98. The molecular weight excluding hydrogens is 264 g/mol. The highest BCUT2D eigenvalue weighted by molar-refractivity contribution is 5.42. The summed E-state index contributed by atoms with van der Waals surface area (Å²) in [5, 5.41) is 0. The van der Waals surface area contributed by atoms with Crippen molar-refractivity contribution in [3.63, 3.8) is 0 Å². The number of hydrogen-bond donors (Lipinski definition) is 0. The zero-order chi connectivity index (χ0) is 15.6. The first-order chi connectivity index (χ1) is 10.6. The average Bonchev–Trinajstić information content (AvgIpc) is 2.99. The molecule has 1 atom stereocenters. The lowest BCUT2D eigenvalue weighted by atomic mass is 9.80. The van der Waals surface area contributed by atoms with E-state index >= 15 is 0 Å². The Labute approximate surface area is 134 Å². The van der Waals surface area contributed by atoms with E-state index in [1.807, 2.05) is 0 Å². The molecule has 0 fully saturated rings. The normalized spacial score (nSPS) is 17.8. The molecule has 0 bridgehead atoms. The molecule has 22 heavy (non-hydrogen) atoms. The second kappa shape index (κ2) is 5.96. The number of benzene rings is 2. The van der Waals surface area contributed by atoms with E-state index in [1.54, 1.807) is 0 Å². The molecule has 1 unspecified atom stereocenters. The van der Waals surface area contributed by atoms with Gasteiger partial charge in [-0.15, -0.1) is 0 Å². The Bertz CT molecular complexity index is 629. The van der Waals surface area contributed by atoms with Crippen molar-refractivity contribution < 1.29 is 0 Å². The van der Waals surface area contributed by atoms with Gasteiger partial charge in [-0.25, -0.2) is 0 Å². The van der Waals surface area contributed by atoms with Gasteiger partial charge in [-0.3, -0.25) is 0 Å². The van der Waals surface area contributed by atoms with Gasteiger partial charge in [-0.1, -0.05) is 99.7 Å². The minimum absolute atomic E-state index is 0.211. The SMILES string of the molecule is CC(C)(C)C1=CC(C(c2ccccc2)c2ccccc2)C=C1. The molecule has 0 aliphatic heterocycles. The summed E-state index contributed by atoms with van der Waals surface area (Å²) < 4.78 is 0. The molecule has 0 nitrogen and oxygen atoms in total. The molecule has 0 radical (unpaired) electrons. The van der Waals surface area contributed by atoms with Crippen LogP contribution in [0.3, 0.4) is 0 Å². The molecule has 112 valence electrons. The Balaban J connectivity index is 2.02. The van der Waals surface area contributed by atoms with Crippen LogP contribution in [0.15, 0.2) is 84.5 Å². The molecule has 0 heteroatoms. The van der Waals surface area contributed by atoms with E-state index in [0.717, 1.165) is 0 Å². The van der Waals surface area contributed by atoms with Gasteiger partial charge in [0.15, 0.2) is 0 Å². The molecule has 2 aromatic rings. The van der Waals surface area contributed by atoms with Crippen LogP contribution in [-0.2, 0) is 0 Å². The molecule has 0 spiro atoms. The lowest BCUT2D eigenvalue weighted by Crippen LogP contribution is -2.11. The van der Waals surface area contributed by atoms with Crippen LogP contribution in [0.4, 0.5) is 0 Å². The van der Waals surface area contributed by atoms with Crippen molar-refractivity contribution in [2.45, 2.75) is 26.7 Å². The van der Waals surface area contributed by atoms with Crippen LogP contribution in [0.25, 0.3) is 0 Å². The third-order valence-electron chi connectivity index (χ3n) is 4.44. The summed E-state index contributed by atoms with van der Waals surface area (Å²) in [6.07, 6.45) is 7.12. The first kappa shape index (κ1) is 14.8. The Kier molecular flexibility index (Phi) is 4.02. The highest BCUT2D eigenvalue weighted by Gasteiger charge is 2.27. The predicted molar refractivity (Wildman–Crippen MR) is 94.9 cm³/mol. The Morgan fingerprint density at radius 2 is 1.27 bits per heavy atom. The summed E-state index contributed by atoms with van der Waals surface area (Å²) in [4.78, 5) is 0. The average molecular weight is 288 g/mol. The number of hydrogen-bond acceptors (Lipinski definition) is 0. The third-order valence-corrected chi connectivity index (χ3v) is 4.44. The van der Waals surface area contributed by atoms with E-state index in [1.165, 1.54) is 16.7 Å². The van der Waals surface area contributed by atoms with Gasteiger partial charge in [0.1, 0.15) is 0 Å². The van der Waals surface area contributed by atoms with Crippen LogP contribution >= 0.6 is 0 Å². The zero-order valence-electron chi connectivity index (χ0n) is 13.7. The van der Waals surface area contributed by atoms with Crippen LogP contribution in [0.5, 0.6) is 0 Å². The Hall–Kier alpha value is -2.08. The molecule has 0 aromatic heterocycles. The van der Waals surface area contributed by atoms with E-state index in [9.17, 15) is 0 Å². The molecule has 1 aliphatic carbocycles. The van der Waals surface area contributed by atoms with E-state index in [2.05, 4.69) is 99.7 Å². The highest BCUT2D eigenvalue weighted by Crippen LogP contribution is 2.40. The van der Waals surface area contributed by atoms with Crippen LogP contribution < -0.4 is 0 Å². The minimum Gasteiger partial charge on any atom is -0.0764 e. The standard InChI is InChI=1S/C22H24/c1-22(2,3)20-15-14-19(16-20)21(17-10-6-4-7-11-17)18-12-8-5-9-13-18/h4-16,19,21H,1-3H3. The van der Waals surface area contributed by atoms with E-state index in [0.29, 0.717) is 11.8 Å². The molecule has 0 N–H and O–H groups in total. The maximum Gasteiger partial charge on any atom is 0.0187 e. The molecule has 0 saturated heterocycles. The van der Waals surface area contributed by atoms with Gasteiger partial charge in [0.2, 0.25) is 0 Å². The topological polar surface area (TPSA) is 0 Å². The summed E-state index contributed by atoms with van der Waals surface area (Å²) in [5.74, 6) is 0.817. The quantitative estimate of drug-likeness (QED) is 0.652. The van der Waals surface area contributed by atoms with E-state index in [-0.39, 0.29) is 5.41 Å². The number of allylic oxidation sites excluding steroid dienone is 4. The summed E-state index contributed by atoms with van der Waals surface area (Å²) in [5.41, 5.74) is 4.42. The summed E-state index contributed by atoms with van der Waals surface area (Å²) in [7, 11) is 0. The van der Waals surface area contributed by atoms with Crippen molar-refractivity contribution in [2.24, 2.45) is 11.3 Å². The van der Waals surface area contributed by atoms with E-state index in [4.69, 9.17) is 0 Å². The van der Waals surface area contributed by atoms with Crippen molar-refractivity contribution in [3.8, 4) is 0 Å². The molecular formula is C22H24. The lowest BCUT2D eigenvalue weighted by Gasteiger charge is -2.23. The zero-order valence-corrected chi connectivity index (χ0v) is 13.7. The molecule has 1 aliphatic rings. The Morgan fingerprint density at radius 3 is 1.68 bits per heavy atom. The van der Waals surface area contributed by atoms with Crippen molar-refractivity contribution in [3.05, 3.63) is 95.6 Å². The van der Waals surface area contributed by atoms with Gasteiger partial charge in [0, 0.05) is 11.8 Å². The first-order valence-electron chi connectivity index (χ1n) is 8.06. The Morgan fingerprint density at radius 1 is 0.773 bits per heavy atom. The van der Waals surface area contributed by atoms with Crippen molar-refractivity contribution in [2.75, 3.05) is 0 Å². The summed E-state index contributed by atoms with van der Waals surface area (Å²) >= 11 is 0. The van der Waals surface area contributed by atoms with E-state index < -0.39 is 0 Å². The lowest BCUT2D eigenvalue weighted by molar-refractivity contribution is 0.515. The van der Waals surface area contributed by atoms with Crippen molar-refractivity contribution >= 4 is 0 Å². The largest absolute Gasteiger partial charge is 0.0764 e. The first-order valence-corrected chi connectivity index (χ1v) is 8.06. The number of rotatable bonds is 3. The van der Waals surface area contributed by atoms with Gasteiger partial charge in [0.05, 0.1) is 0 Å². The van der Waals surface area contributed by atoms with Crippen LogP contribution in [0.2, 0.25) is 0 Å².